The summed E-state index contributed by atoms with van der Waals surface area (Å²) < 4.78 is 53.2. The Labute approximate surface area is 303 Å². The lowest BCUT2D eigenvalue weighted by molar-refractivity contribution is -0.141. The molecule has 4 aliphatic rings. The van der Waals surface area contributed by atoms with Crippen molar-refractivity contribution in [2.75, 3.05) is 6.54 Å². The number of carbonyl (C=O) groups is 4. The van der Waals surface area contributed by atoms with Crippen molar-refractivity contribution in [3.05, 3.63) is 70.9 Å². The standard InChI is InChI=1S/C37H48FN5O8S/c1-3-4-5-6-7-8-12-31(39-20-26-14-13-24(2)50-26)34(45)43-22-27(51-36(47)42-21-25-10-9-11-30(38)29(25)23-42)19-32(43)33(44)40-37(17-18-37)35(46)41-52(48,49)28-15-16-28/h3-4,9-11,13-14,27-28,31-32,39H,5-8,12,15-23H2,1-2H3,(H,40,44)(H,41,46)/b4-3-/t27-,31+,32+/m1/s1. The minimum Gasteiger partial charge on any atom is -0.465 e. The Hall–Kier alpha value is -4.24. The molecule has 6 rings (SSSR count). The van der Waals surface area contributed by atoms with E-state index < -0.39 is 62.7 Å². The molecule has 0 unspecified atom stereocenters. The molecule has 3 N–H and O–H groups in total. The lowest BCUT2D eigenvalue weighted by Crippen LogP contribution is -2.57. The number of benzene rings is 1. The van der Waals surface area contributed by atoms with E-state index >= 15 is 0 Å². The normalized spacial score (nSPS) is 21.2. The summed E-state index contributed by atoms with van der Waals surface area (Å²) in [6.07, 6.45) is 7.95. The summed E-state index contributed by atoms with van der Waals surface area (Å²) in [5.41, 5.74) is -0.307. The molecule has 282 valence electrons. The Morgan fingerprint density at radius 2 is 1.88 bits per heavy atom. The number of likely N-dealkylation sites (tertiary alicyclic amines) is 1. The van der Waals surface area contributed by atoms with E-state index in [9.17, 15) is 32.0 Å². The monoisotopic (exact) mass is 741 g/mol. The van der Waals surface area contributed by atoms with Crippen LogP contribution >= 0.6 is 0 Å². The molecule has 1 saturated heterocycles. The van der Waals surface area contributed by atoms with Gasteiger partial charge in [-0.25, -0.2) is 17.6 Å². The highest BCUT2D eigenvalue weighted by Crippen LogP contribution is 2.38. The first kappa shape index (κ1) is 37.5. The molecule has 0 spiro atoms. The lowest BCUT2D eigenvalue weighted by Gasteiger charge is -2.29. The highest BCUT2D eigenvalue weighted by Gasteiger charge is 2.55. The van der Waals surface area contributed by atoms with Crippen LogP contribution in [0.5, 0.6) is 0 Å². The smallest absolute Gasteiger partial charge is 0.410 e. The van der Waals surface area contributed by atoms with E-state index in [1.54, 1.807) is 12.1 Å². The number of hydrogen-bond acceptors (Lipinski definition) is 9. The summed E-state index contributed by atoms with van der Waals surface area (Å²) >= 11 is 0. The summed E-state index contributed by atoms with van der Waals surface area (Å²) in [7, 11) is -3.84. The maximum atomic E-state index is 14.4. The molecular weight excluding hydrogens is 693 g/mol. The van der Waals surface area contributed by atoms with E-state index in [-0.39, 0.29) is 51.3 Å². The van der Waals surface area contributed by atoms with Crippen LogP contribution in [0.2, 0.25) is 0 Å². The van der Waals surface area contributed by atoms with Crippen molar-refractivity contribution in [2.45, 2.75) is 127 Å². The third-order valence-corrected chi connectivity index (χ3v) is 12.1. The van der Waals surface area contributed by atoms with Crippen molar-refractivity contribution in [1.82, 2.24) is 25.2 Å². The molecule has 1 aromatic carbocycles. The Bertz CT molecular complexity index is 1800. The number of carbonyl (C=O) groups excluding carboxylic acids is 4. The minimum absolute atomic E-state index is 0.0355. The fraction of sp³-hybridized carbons (Fsp3) is 0.568. The van der Waals surface area contributed by atoms with Crippen LogP contribution in [0.4, 0.5) is 9.18 Å². The quantitative estimate of drug-likeness (QED) is 0.170. The number of amides is 4. The van der Waals surface area contributed by atoms with Crippen molar-refractivity contribution in [1.29, 1.82) is 0 Å². The fourth-order valence-corrected chi connectivity index (χ4v) is 8.29. The van der Waals surface area contributed by atoms with Gasteiger partial charge in [0.2, 0.25) is 21.8 Å². The lowest BCUT2D eigenvalue weighted by atomic mass is 10.0. The second-order valence-electron chi connectivity index (χ2n) is 14.4. The number of rotatable bonds is 16. The van der Waals surface area contributed by atoms with Crippen molar-refractivity contribution >= 4 is 33.8 Å². The van der Waals surface area contributed by atoms with E-state index in [4.69, 9.17) is 9.15 Å². The average Bonchev–Trinajstić information content (AvgIpc) is 3.98. The molecule has 3 fully saturated rings. The number of furan rings is 1. The van der Waals surface area contributed by atoms with E-state index in [1.807, 2.05) is 32.1 Å². The number of hydrogen-bond donors (Lipinski definition) is 3. The molecule has 13 nitrogen and oxygen atoms in total. The number of aryl methyl sites for hydroxylation is 1. The summed E-state index contributed by atoms with van der Waals surface area (Å²) in [6, 6.07) is 6.53. The largest absolute Gasteiger partial charge is 0.465 e. The fourth-order valence-electron chi connectivity index (χ4n) is 6.91. The molecule has 3 atom stereocenters. The molecule has 52 heavy (non-hydrogen) atoms. The number of allylic oxidation sites excluding steroid dienone is 2. The number of nitrogens with zero attached hydrogens (tertiary/aromatic N) is 2. The second-order valence-corrected chi connectivity index (χ2v) is 16.3. The van der Waals surface area contributed by atoms with Gasteiger partial charge in [0.1, 0.15) is 35.0 Å². The van der Waals surface area contributed by atoms with Crippen LogP contribution < -0.4 is 15.4 Å². The maximum absolute atomic E-state index is 14.4. The van der Waals surface area contributed by atoms with Crippen LogP contribution in [0.3, 0.4) is 0 Å². The van der Waals surface area contributed by atoms with Crippen LogP contribution in [0.1, 0.15) is 93.8 Å². The van der Waals surface area contributed by atoms with Gasteiger partial charge in [-0.05, 0) is 82.6 Å². The topological polar surface area (TPSA) is 167 Å². The van der Waals surface area contributed by atoms with Gasteiger partial charge in [0.15, 0.2) is 0 Å². The highest BCUT2D eigenvalue weighted by atomic mass is 32.2. The summed E-state index contributed by atoms with van der Waals surface area (Å²) in [5.74, 6) is -0.815. The van der Waals surface area contributed by atoms with Gasteiger partial charge in [-0.2, -0.15) is 0 Å². The molecule has 3 heterocycles. The molecule has 0 radical (unpaired) electrons. The number of nitrogens with one attached hydrogen (secondary N) is 3. The first-order chi connectivity index (χ1) is 24.9. The number of ether oxygens (including phenoxy) is 1. The minimum atomic E-state index is -3.84. The summed E-state index contributed by atoms with van der Waals surface area (Å²) in [6.45, 7) is 4.20. The molecule has 1 aromatic heterocycles. The number of fused-ring (bicyclic) bond motifs is 1. The number of halogens is 1. The van der Waals surface area contributed by atoms with Crippen molar-refractivity contribution in [2.24, 2.45) is 0 Å². The van der Waals surface area contributed by atoms with E-state index in [0.29, 0.717) is 36.1 Å². The van der Waals surface area contributed by atoms with Crippen LogP contribution in [-0.2, 0) is 48.8 Å². The van der Waals surface area contributed by atoms with E-state index in [0.717, 1.165) is 31.4 Å². The van der Waals surface area contributed by atoms with Crippen LogP contribution in [-0.4, -0.2) is 77.6 Å². The Balaban J connectivity index is 1.18. The first-order valence-corrected chi connectivity index (χ1v) is 19.7. The van der Waals surface area contributed by atoms with Gasteiger partial charge in [-0.1, -0.05) is 37.1 Å². The molecule has 2 aliphatic carbocycles. The predicted octanol–water partition coefficient (Wildman–Crippen LogP) is 4.09. The van der Waals surface area contributed by atoms with E-state index in [2.05, 4.69) is 21.4 Å². The van der Waals surface area contributed by atoms with Gasteiger partial charge in [-0.15, -0.1) is 0 Å². The molecule has 0 bridgehead atoms. The van der Waals surface area contributed by atoms with Crippen molar-refractivity contribution in [3.63, 3.8) is 0 Å². The molecule has 15 heteroatoms. The van der Waals surface area contributed by atoms with Gasteiger partial charge in [0.25, 0.3) is 5.91 Å². The summed E-state index contributed by atoms with van der Waals surface area (Å²) in [4.78, 5) is 57.7. The Morgan fingerprint density at radius 1 is 1.10 bits per heavy atom. The van der Waals surface area contributed by atoms with Gasteiger partial charge in [0, 0.05) is 18.5 Å². The zero-order valence-electron chi connectivity index (χ0n) is 29.7. The van der Waals surface area contributed by atoms with Crippen molar-refractivity contribution in [3.8, 4) is 0 Å². The summed E-state index contributed by atoms with van der Waals surface area (Å²) in [5, 5.41) is 5.45. The maximum Gasteiger partial charge on any atom is 0.410 e. The molecular formula is C37H48FN5O8S. The Morgan fingerprint density at radius 3 is 2.56 bits per heavy atom. The van der Waals surface area contributed by atoms with Crippen LogP contribution in [0, 0.1) is 12.7 Å². The zero-order chi connectivity index (χ0) is 37.0. The van der Waals surface area contributed by atoms with Crippen molar-refractivity contribution < 1.29 is 41.1 Å². The third-order valence-electron chi connectivity index (χ3n) is 10.3. The third kappa shape index (κ3) is 8.85. The molecule has 2 aliphatic heterocycles. The first-order valence-electron chi connectivity index (χ1n) is 18.2. The molecule has 2 aromatic rings. The zero-order valence-corrected chi connectivity index (χ0v) is 30.5. The SMILES string of the molecule is C/C=C\CCCCC[C@H](NCc1ccc(C)o1)C(=O)N1C[C@H](OC(=O)N2Cc3cccc(F)c3C2)C[C@H]1C(=O)NC1(C(=O)NS(=O)(=O)C2CC2)CC1. The molecule has 2 saturated carbocycles. The average molecular weight is 742 g/mol. The highest BCUT2D eigenvalue weighted by molar-refractivity contribution is 7.91. The number of sulfonamides is 1. The van der Waals surface area contributed by atoms with Gasteiger partial charge in [-0.3, -0.25) is 29.3 Å². The predicted molar refractivity (Wildman–Crippen MR) is 188 cm³/mol. The number of unbranched alkanes of at least 4 members (excludes halogenated alkanes) is 3. The second kappa shape index (κ2) is 15.8. The Kier molecular flexibility index (Phi) is 11.4. The van der Waals surface area contributed by atoms with Crippen LogP contribution in [0.15, 0.2) is 46.9 Å². The van der Waals surface area contributed by atoms with Gasteiger partial charge >= 0.3 is 6.09 Å². The van der Waals surface area contributed by atoms with Gasteiger partial charge in [0.05, 0.1) is 30.9 Å². The molecule has 4 amide bonds. The van der Waals surface area contributed by atoms with E-state index in [1.165, 1.54) is 15.9 Å². The van der Waals surface area contributed by atoms with Crippen LogP contribution in [0.25, 0.3) is 0 Å². The van der Waals surface area contributed by atoms with Gasteiger partial charge < -0.3 is 19.4 Å².